The lowest BCUT2D eigenvalue weighted by Crippen LogP contribution is -2.06. The average molecular weight is 265 g/mol. The van der Waals surface area contributed by atoms with Gasteiger partial charge in [-0.15, -0.1) is 11.3 Å². The van der Waals surface area contributed by atoms with Gasteiger partial charge in [-0.2, -0.15) is 0 Å². The second-order valence-electron chi connectivity index (χ2n) is 3.56. The first-order valence-corrected chi connectivity index (χ1v) is 6.35. The van der Waals surface area contributed by atoms with Gasteiger partial charge in [-0.1, -0.05) is 0 Å². The number of methoxy groups -OCH3 is 1. The van der Waals surface area contributed by atoms with Crippen molar-refractivity contribution in [3.8, 4) is 0 Å². The molecule has 6 nitrogen and oxygen atoms in total. The molecule has 0 spiro atoms. The van der Waals surface area contributed by atoms with Crippen molar-refractivity contribution in [2.75, 3.05) is 24.8 Å². The Labute approximate surface area is 109 Å². The van der Waals surface area contributed by atoms with Gasteiger partial charge in [-0.05, 0) is 0 Å². The number of hydrogen-bond donors (Lipinski definition) is 2. The first kappa shape index (κ1) is 12.7. The van der Waals surface area contributed by atoms with E-state index in [4.69, 9.17) is 4.74 Å². The van der Waals surface area contributed by atoms with Crippen LogP contribution in [0.25, 0.3) is 0 Å². The summed E-state index contributed by atoms with van der Waals surface area (Å²) in [5, 5.41) is 6.25. The quantitative estimate of drug-likeness (QED) is 0.829. The highest BCUT2D eigenvalue weighted by atomic mass is 32.1. The van der Waals surface area contributed by atoms with Crippen molar-refractivity contribution in [3.05, 3.63) is 28.5 Å². The fourth-order valence-corrected chi connectivity index (χ4v) is 1.95. The summed E-state index contributed by atoms with van der Waals surface area (Å²) in [6.07, 6.45) is 1.84. The summed E-state index contributed by atoms with van der Waals surface area (Å²) in [5.74, 6) is 2.19. The number of nitrogens with zero attached hydrogens (tertiary/aromatic N) is 3. The molecule has 0 unspecified atom stereocenters. The van der Waals surface area contributed by atoms with Gasteiger partial charge in [0.15, 0.2) is 5.82 Å². The van der Waals surface area contributed by atoms with Crippen molar-refractivity contribution in [1.29, 1.82) is 0 Å². The van der Waals surface area contributed by atoms with Gasteiger partial charge in [0.05, 0.1) is 12.1 Å². The molecule has 0 aliphatic heterocycles. The molecule has 2 rings (SSSR count). The van der Waals surface area contributed by atoms with Crippen LogP contribution in [0.5, 0.6) is 0 Å². The maximum absolute atomic E-state index is 5.04. The summed E-state index contributed by atoms with van der Waals surface area (Å²) in [5.41, 5.74) is 1.81. The Bertz CT molecular complexity index is 488. The molecule has 0 aliphatic rings. The molecule has 0 bridgehead atoms. The molecular formula is C11H15N5OS. The van der Waals surface area contributed by atoms with Crippen molar-refractivity contribution < 1.29 is 4.74 Å². The highest BCUT2D eigenvalue weighted by Gasteiger charge is 2.04. The van der Waals surface area contributed by atoms with Crippen LogP contribution in [0.15, 0.2) is 17.8 Å². The fraction of sp³-hybridized carbons (Fsp3) is 0.364. The van der Waals surface area contributed by atoms with Crippen molar-refractivity contribution in [3.63, 3.8) is 0 Å². The molecule has 0 saturated carbocycles. The number of hydrogen-bond acceptors (Lipinski definition) is 7. The second kappa shape index (κ2) is 6.27. The summed E-state index contributed by atoms with van der Waals surface area (Å²) in [6.45, 7) is 1.10. The van der Waals surface area contributed by atoms with E-state index in [1.165, 1.54) is 0 Å². The first-order chi connectivity index (χ1) is 8.81. The average Bonchev–Trinajstić information content (AvgIpc) is 2.89. The molecule has 0 radical (unpaired) electrons. The third-order valence-corrected chi connectivity index (χ3v) is 3.01. The Hall–Kier alpha value is -1.73. The summed E-state index contributed by atoms with van der Waals surface area (Å²) in [4.78, 5) is 13.8. The normalized spacial score (nSPS) is 10.3. The van der Waals surface area contributed by atoms with Crippen LogP contribution in [0.4, 0.5) is 11.6 Å². The zero-order valence-electron chi connectivity index (χ0n) is 10.3. The Morgan fingerprint density at radius 1 is 1.33 bits per heavy atom. The van der Waals surface area contributed by atoms with E-state index in [0.717, 1.165) is 16.5 Å². The van der Waals surface area contributed by atoms with E-state index in [1.807, 2.05) is 24.8 Å². The van der Waals surface area contributed by atoms with Crippen LogP contribution in [-0.2, 0) is 17.9 Å². The van der Waals surface area contributed by atoms with Gasteiger partial charge in [0.25, 0.3) is 0 Å². The lowest BCUT2D eigenvalue weighted by molar-refractivity contribution is 0.178. The van der Waals surface area contributed by atoms with Crippen molar-refractivity contribution in [1.82, 2.24) is 15.0 Å². The molecule has 2 aromatic rings. The van der Waals surface area contributed by atoms with Gasteiger partial charge in [0.1, 0.15) is 18.2 Å². The van der Waals surface area contributed by atoms with E-state index in [2.05, 4.69) is 25.6 Å². The number of rotatable bonds is 6. The molecule has 2 aromatic heterocycles. The maximum atomic E-state index is 5.04. The molecule has 0 saturated heterocycles. The van der Waals surface area contributed by atoms with Crippen molar-refractivity contribution in [2.24, 2.45) is 0 Å². The molecule has 96 valence electrons. The standard InChI is InChI=1S/C11H15N5OS/c1-12-9-3-10(16-11(15-9)6-17-2)14-5-8-4-13-7-18-8/h3-4,7H,5-6H2,1-2H3,(H2,12,14,15,16). The Morgan fingerprint density at radius 3 is 2.83 bits per heavy atom. The van der Waals surface area contributed by atoms with E-state index < -0.39 is 0 Å². The monoisotopic (exact) mass is 265 g/mol. The van der Waals surface area contributed by atoms with E-state index >= 15 is 0 Å². The molecule has 7 heteroatoms. The summed E-state index contributed by atoms with van der Waals surface area (Å²) in [6, 6.07) is 1.86. The van der Waals surface area contributed by atoms with Crippen LogP contribution in [0.3, 0.4) is 0 Å². The van der Waals surface area contributed by atoms with Crippen LogP contribution in [-0.4, -0.2) is 29.1 Å². The third-order valence-electron chi connectivity index (χ3n) is 2.23. The largest absolute Gasteiger partial charge is 0.377 e. The van der Waals surface area contributed by atoms with Crippen molar-refractivity contribution >= 4 is 23.0 Å². The highest BCUT2D eigenvalue weighted by molar-refractivity contribution is 7.09. The van der Waals surface area contributed by atoms with Crippen molar-refractivity contribution in [2.45, 2.75) is 13.2 Å². The second-order valence-corrected chi connectivity index (χ2v) is 4.53. The minimum Gasteiger partial charge on any atom is -0.377 e. The minimum atomic E-state index is 0.394. The fourth-order valence-electron chi connectivity index (χ4n) is 1.42. The first-order valence-electron chi connectivity index (χ1n) is 5.47. The van der Waals surface area contributed by atoms with E-state index in [-0.39, 0.29) is 0 Å². The van der Waals surface area contributed by atoms with Crippen LogP contribution in [0.1, 0.15) is 10.7 Å². The van der Waals surface area contributed by atoms with Gasteiger partial charge in [-0.25, -0.2) is 9.97 Å². The molecule has 18 heavy (non-hydrogen) atoms. The SMILES string of the molecule is CNc1cc(NCc2cncs2)nc(COC)n1. The number of ether oxygens (including phenoxy) is 1. The summed E-state index contributed by atoms with van der Waals surface area (Å²) >= 11 is 1.61. The zero-order valence-corrected chi connectivity index (χ0v) is 11.1. The van der Waals surface area contributed by atoms with Gasteiger partial charge in [0.2, 0.25) is 0 Å². The topological polar surface area (TPSA) is 72.0 Å². The Balaban J connectivity index is 2.08. The number of thiazole rings is 1. The predicted molar refractivity (Wildman–Crippen MR) is 71.7 cm³/mol. The van der Waals surface area contributed by atoms with Crippen LogP contribution in [0.2, 0.25) is 0 Å². The summed E-state index contributed by atoms with van der Waals surface area (Å²) in [7, 11) is 3.45. The number of aromatic nitrogens is 3. The van der Waals surface area contributed by atoms with Crippen LogP contribution >= 0.6 is 11.3 Å². The highest BCUT2D eigenvalue weighted by Crippen LogP contribution is 2.14. The molecule has 0 aromatic carbocycles. The van der Waals surface area contributed by atoms with E-state index in [1.54, 1.807) is 18.4 Å². The minimum absolute atomic E-state index is 0.394. The molecular weight excluding hydrogens is 250 g/mol. The predicted octanol–water partition coefficient (Wildman–Crippen LogP) is 1.73. The third kappa shape index (κ3) is 3.38. The molecule has 0 aliphatic carbocycles. The number of nitrogens with one attached hydrogen (secondary N) is 2. The van der Waals surface area contributed by atoms with E-state index in [9.17, 15) is 0 Å². The van der Waals surface area contributed by atoms with Crippen LogP contribution < -0.4 is 10.6 Å². The lowest BCUT2D eigenvalue weighted by atomic mass is 10.4. The summed E-state index contributed by atoms with van der Waals surface area (Å²) < 4.78 is 5.04. The van der Waals surface area contributed by atoms with Gasteiger partial charge >= 0.3 is 0 Å². The molecule has 0 atom stereocenters. The van der Waals surface area contributed by atoms with Crippen LogP contribution in [0, 0.1) is 0 Å². The molecule has 0 amide bonds. The van der Waals surface area contributed by atoms with Gasteiger partial charge < -0.3 is 15.4 Å². The van der Waals surface area contributed by atoms with E-state index in [0.29, 0.717) is 19.0 Å². The van der Waals surface area contributed by atoms with Gasteiger partial charge in [0, 0.05) is 31.3 Å². The molecule has 2 heterocycles. The maximum Gasteiger partial charge on any atom is 0.158 e. The number of anilines is 2. The molecule has 2 N–H and O–H groups in total. The Morgan fingerprint density at radius 2 is 2.17 bits per heavy atom. The molecule has 0 fully saturated rings. The zero-order chi connectivity index (χ0) is 12.8. The smallest absolute Gasteiger partial charge is 0.158 e. The van der Waals surface area contributed by atoms with Gasteiger partial charge in [-0.3, -0.25) is 4.98 Å². The lowest BCUT2D eigenvalue weighted by Gasteiger charge is -2.08. The Kier molecular flexibility index (Phi) is 4.43.